The molecule has 0 spiro atoms. The fourth-order valence-corrected chi connectivity index (χ4v) is 6.69. The molecule has 0 radical (unpaired) electrons. The minimum atomic E-state index is -1.44. The Morgan fingerprint density at radius 1 is 0.932 bits per heavy atom. The van der Waals surface area contributed by atoms with Gasteiger partial charge in [0.05, 0.1) is 12.6 Å². The molecule has 3 unspecified atom stereocenters. The molecule has 0 heterocycles. The number of fused-ring (bicyclic) bond motifs is 2. The van der Waals surface area contributed by atoms with Crippen molar-refractivity contribution in [1.29, 1.82) is 0 Å². The minimum Gasteiger partial charge on any atom is -0.489 e. The van der Waals surface area contributed by atoms with Gasteiger partial charge in [0.2, 0.25) is 5.91 Å². The van der Waals surface area contributed by atoms with Crippen LogP contribution in [0.5, 0.6) is 5.75 Å². The first kappa shape index (κ1) is 31.5. The molecule has 3 aromatic rings. The fourth-order valence-electron chi connectivity index (χ4n) is 6.69. The average molecular weight is 601 g/mol. The van der Waals surface area contributed by atoms with Gasteiger partial charge in [-0.25, -0.2) is 4.79 Å². The van der Waals surface area contributed by atoms with Gasteiger partial charge < -0.3 is 30.3 Å². The Bertz CT molecular complexity index is 1360. The van der Waals surface area contributed by atoms with Gasteiger partial charge in [-0.1, -0.05) is 85.6 Å². The van der Waals surface area contributed by atoms with Crippen molar-refractivity contribution in [3.05, 3.63) is 102 Å². The molecule has 44 heavy (non-hydrogen) atoms. The summed E-state index contributed by atoms with van der Waals surface area (Å²) in [5.74, 6) is 0.730. The quantitative estimate of drug-likeness (QED) is 0.215. The lowest BCUT2D eigenvalue weighted by Gasteiger charge is -2.44. The van der Waals surface area contributed by atoms with Crippen molar-refractivity contribution < 1.29 is 29.3 Å². The van der Waals surface area contributed by atoms with Crippen LogP contribution in [0.3, 0.4) is 0 Å². The Morgan fingerprint density at radius 2 is 1.57 bits per heavy atom. The molecule has 2 aliphatic carbocycles. The normalized spacial score (nSPS) is 22.1. The Morgan fingerprint density at radius 3 is 2.20 bits per heavy atom. The number of carbonyl (C=O) groups is 2. The Labute approximate surface area is 259 Å². The largest absolute Gasteiger partial charge is 0.489 e. The van der Waals surface area contributed by atoms with Crippen molar-refractivity contribution in [2.45, 2.75) is 88.2 Å². The van der Waals surface area contributed by atoms with Crippen molar-refractivity contribution >= 4 is 12.0 Å². The van der Waals surface area contributed by atoms with Crippen LogP contribution in [0.1, 0.15) is 74.7 Å². The zero-order valence-corrected chi connectivity index (χ0v) is 25.4. The molecule has 5 rings (SSSR count). The summed E-state index contributed by atoms with van der Waals surface area (Å²) in [7, 11) is 0. The van der Waals surface area contributed by atoms with Gasteiger partial charge in [0.25, 0.3) is 0 Å². The van der Waals surface area contributed by atoms with Crippen LogP contribution in [0.4, 0.5) is 4.79 Å². The Hall–Kier alpha value is -3.88. The van der Waals surface area contributed by atoms with E-state index in [0.29, 0.717) is 23.8 Å². The van der Waals surface area contributed by atoms with Gasteiger partial charge in [-0.05, 0) is 73.8 Å². The number of aliphatic hydroxyl groups excluding tert-OH is 2. The number of alkyl carbamates (subject to hydrolysis) is 1. The summed E-state index contributed by atoms with van der Waals surface area (Å²) in [6, 6.07) is 25.2. The summed E-state index contributed by atoms with van der Waals surface area (Å²) in [5.41, 5.74) is 0.494. The summed E-state index contributed by atoms with van der Waals surface area (Å²) >= 11 is 0. The Balaban J connectivity index is 1.31. The van der Waals surface area contributed by atoms with Crippen molar-refractivity contribution in [1.82, 2.24) is 10.6 Å². The highest BCUT2D eigenvalue weighted by atomic mass is 16.6. The van der Waals surface area contributed by atoms with E-state index in [9.17, 15) is 19.8 Å². The highest BCUT2D eigenvalue weighted by Crippen LogP contribution is 2.45. The van der Waals surface area contributed by atoms with Gasteiger partial charge in [0.15, 0.2) is 0 Å². The van der Waals surface area contributed by atoms with Gasteiger partial charge >= 0.3 is 6.09 Å². The first-order valence-electron chi connectivity index (χ1n) is 15.7. The van der Waals surface area contributed by atoms with Gasteiger partial charge in [0, 0.05) is 6.42 Å². The summed E-state index contributed by atoms with van der Waals surface area (Å²) in [4.78, 5) is 27.4. The van der Waals surface area contributed by atoms with Crippen LogP contribution >= 0.6 is 0 Å². The molecule has 0 aromatic heterocycles. The van der Waals surface area contributed by atoms with Crippen LogP contribution in [-0.4, -0.2) is 46.0 Å². The Kier molecular flexibility index (Phi) is 10.2. The predicted octanol–water partition coefficient (Wildman–Crippen LogP) is 5.62. The van der Waals surface area contributed by atoms with E-state index in [1.54, 1.807) is 31.2 Å². The number of aliphatic hydroxyl groups is 2. The molecule has 8 nitrogen and oxygen atoms in total. The monoisotopic (exact) mass is 600 g/mol. The number of hydrogen-bond acceptors (Lipinski definition) is 6. The summed E-state index contributed by atoms with van der Waals surface area (Å²) in [5, 5.41) is 26.7. The molecular formula is C36H44N2O6. The van der Waals surface area contributed by atoms with Crippen molar-refractivity contribution in [3.8, 4) is 5.75 Å². The third-order valence-electron chi connectivity index (χ3n) is 9.10. The van der Waals surface area contributed by atoms with Crippen LogP contribution in [0, 0.1) is 5.92 Å². The maximum atomic E-state index is 13.9. The second-order valence-electron chi connectivity index (χ2n) is 12.6. The minimum absolute atomic E-state index is 0.155. The summed E-state index contributed by atoms with van der Waals surface area (Å²) in [6.07, 6.45) is 5.33. The van der Waals surface area contributed by atoms with E-state index >= 15 is 0 Å². The van der Waals surface area contributed by atoms with E-state index in [0.717, 1.165) is 43.2 Å². The third-order valence-corrected chi connectivity index (χ3v) is 9.10. The number of nitrogens with one attached hydrogen (secondary N) is 2. The number of carbonyl (C=O) groups excluding carboxylic acids is 2. The molecule has 0 aliphatic heterocycles. The molecule has 2 saturated carbocycles. The fraction of sp³-hybridized carbons (Fsp3) is 0.444. The maximum absolute atomic E-state index is 13.9. The van der Waals surface area contributed by atoms with Crippen molar-refractivity contribution in [3.63, 3.8) is 0 Å². The van der Waals surface area contributed by atoms with Crippen LogP contribution in [0.2, 0.25) is 0 Å². The van der Waals surface area contributed by atoms with E-state index in [2.05, 4.69) is 10.6 Å². The molecule has 234 valence electrons. The lowest BCUT2D eigenvalue weighted by atomic mass is 9.69. The number of amides is 2. The standard InChI is InChI=1S/C36H44N2O6/c1-35(33(41)37-31(24-39)32(40)29-14-6-3-7-15-29,38-34(42)44-36-20-8-12-26(23-36)13-9-21-36)22-27-16-18-30(19-17-27)43-25-28-10-4-2-5-11-28/h2-7,10-11,14-19,26,31-32,39-40H,8-9,12-13,20-25H2,1H3,(H,37,41)(H,38,42). The van der Waals surface area contributed by atoms with Gasteiger partial charge in [0.1, 0.15) is 29.6 Å². The molecule has 2 fully saturated rings. The second kappa shape index (κ2) is 14.3. The summed E-state index contributed by atoms with van der Waals surface area (Å²) < 4.78 is 12.0. The van der Waals surface area contributed by atoms with Gasteiger partial charge in [-0.2, -0.15) is 0 Å². The third kappa shape index (κ3) is 7.98. The van der Waals surface area contributed by atoms with Gasteiger partial charge in [-0.15, -0.1) is 0 Å². The molecular weight excluding hydrogens is 556 g/mol. The van der Waals surface area contributed by atoms with E-state index in [1.165, 1.54) is 12.8 Å². The van der Waals surface area contributed by atoms with Crippen molar-refractivity contribution in [2.24, 2.45) is 5.92 Å². The average Bonchev–Trinajstić information content (AvgIpc) is 3.03. The number of benzene rings is 3. The molecule has 3 aromatic carbocycles. The van der Waals surface area contributed by atoms with E-state index in [-0.39, 0.29) is 6.42 Å². The second-order valence-corrected chi connectivity index (χ2v) is 12.6. The number of hydrogen-bond donors (Lipinski definition) is 4. The van der Waals surface area contributed by atoms with E-state index in [1.807, 2.05) is 60.7 Å². The van der Waals surface area contributed by atoms with Crippen LogP contribution in [0.25, 0.3) is 0 Å². The van der Waals surface area contributed by atoms with Crippen LogP contribution in [0.15, 0.2) is 84.9 Å². The maximum Gasteiger partial charge on any atom is 0.408 e. The molecule has 4 N–H and O–H groups in total. The SMILES string of the molecule is CC(Cc1ccc(OCc2ccccc2)cc1)(NC(=O)OC12CCCC(CCC1)C2)C(=O)NC(CO)C(O)c1ccccc1. The predicted molar refractivity (Wildman–Crippen MR) is 168 cm³/mol. The van der Waals surface area contributed by atoms with Crippen LogP contribution < -0.4 is 15.4 Å². The van der Waals surface area contributed by atoms with E-state index < -0.39 is 41.9 Å². The first-order valence-corrected chi connectivity index (χ1v) is 15.7. The first-order chi connectivity index (χ1) is 21.3. The smallest absolute Gasteiger partial charge is 0.408 e. The molecule has 2 bridgehead atoms. The molecule has 3 atom stereocenters. The lowest BCUT2D eigenvalue weighted by Crippen LogP contribution is -2.61. The molecule has 8 heteroatoms. The lowest BCUT2D eigenvalue weighted by molar-refractivity contribution is -0.129. The highest BCUT2D eigenvalue weighted by Gasteiger charge is 2.44. The zero-order chi connectivity index (χ0) is 31.0. The molecule has 0 saturated heterocycles. The molecule has 2 aliphatic rings. The van der Waals surface area contributed by atoms with Crippen molar-refractivity contribution in [2.75, 3.05) is 6.61 Å². The number of ether oxygens (including phenoxy) is 2. The topological polar surface area (TPSA) is 117 Å². The highest BCUT2D eigenvalue weighted by molar-refractivity contribution is 5.90. The zero-order valence-electron chi connectivity index (χ0n) is 25.4. The molecule has 2 amide bonds. The summed E-state index contributed by atoms with van der Waals surface area (Å²) in [6.45, 7) is 1.60. The van der Waals surface area contributed by atoms with Gasteiger partial charge in [-0.3, -0.25) is 4.79 Å². The van der Waals surface area contributed by atoms with Crippen LogP contribution in [-0.2, 0) is 22.6 Å². The van der Waals surface area contributed by atoms with E-state index in [4.69, 9.17) is 9.47 Å². The number of rotatable bonds is 12.